The summed E-state index contributed by atoms with van der Waals surface area (Å²) in [6.07, 6.45) is 4.81. The van der Waals surface area contributed by atoms with Gasteiger partial charge in [-0.25, -0.2) is 4.68 Å². The molecule has 1 aliphatic rings. The first kappa shape index (κ1) is 19.1. The summed E-state index contributed by atoms with van der Waals surface area (Å²) in [4.78, 5) is 12.6. The van der Waals surface area contributed by atoms with Crippen molar-refractivity contribution in [1.29, 1.82) is 0 Å². The van der Waals surface area contributed by atoms with Gasteiger partial charge in [0, 0.05) is 12.6 Å². The summed E-state index contributed by atoms with van der Waals surface area (Å²) in [6.45, 7) is 5.08. The summed E-state index contributed by atoms with van der Waals surface area (Å²) < 4.78 is 13.1. The fraction of sp³-hybridized carbons (Fsp3) is 0.304. The van der Waals surface area contributed by atoms with E-state index in [0.29, 0.717) is 26.1 Å². The van der Waals surface area contributed by atoms with Crippen LogP contribution in [0.4, 0.5) is 0 Å². The van der Waals surface area contributed by atoms with Gasteiger partial charge in [0.2, 0.25) is 5.91 Å². The van der Waals surface area contributed by atoms with Gasteiger partial charge in [0.15, 0.2) is 11.5 Å². The molecule has 3 aromatic rings. The van der Waals surface area contributed by atoms with E-state index in [0.717, 1.165) is 28.3 Å². The highest BCUT2D eigenvalue weighted by atomic mass is 16.6. The lowest BCUT2D eigenvalue weighted by Gasteiger charge is -2.28. The summed E-state index contributed by atoms with van der Waals surface area (Å²) >= 11 is 0. The molecule has 1 aromatic heterocycles. The number of carbonyl (C=O) groups is 1. The summed E-state index contributed by atoms with van der Waals surface area (Å²) in [5.74, 6) is 1.47. The first-order valence-corrected chi connectivity index (χ1v) is 9.81. The molecule has 0 saturated carbocycles. The number of aryl methyl sites for hydroxylation is 1. The Morgan fingerprint density at radius 3 is 2.66 bits per heavy atom. The van der Waals surface area contributed by atoms with Crippen LogP contribution in [0.25, 0.3) is 5.69 Å². The maximum Gasteiger partial charge on any atom is 0.221 e. The Bertz CT molecular complexity index is 996. The molecule has 0 unspecified atom stereocenters. The SMILES string of the molecule is CC(C)(NC(=O)CCc1cnn(-c2ccccc2)c1)c1ccc2c(c1)OCCO2. The number of para-hydroxylation sites is 1. The van der Waals surface area contributed by atoms with Crippen molar-refractivity contribution in [2.45, 2.75) is 32.2 Å². The Morgan fingerprint density at radius 1 is 1.10 bits per heavy atom. The number of amides is 1. The fourth-order valence-corrected chi connectivity index (χ4v) is 3.38. The van der Waals surface area contributed by atoms with E-state index in [4.69, 9.17) is 9.47 Å². The van der Waals surface area contributed by atoms with Gasteiger partial charge < -0.3 is 14.8 Å². The third-order valence-corrected chi connectivity index (χ3v) is 5.01. The first-order chi connectivity index (χ1) is 14.0. The van der Waals surface area contributed by atoms with E-state index >= 15 is 0 Å². The van der Waals surface area contributed by atoms with E-state index in [1.165, 1.54) is 0 Å². The summed E-state index contributed by atoms with van der Waals surface area (Å²) in [5.41, 5.74) is 2.50. The molecule has 150 valence electrons. The highest BCUT2D eigenvalue weighted by Gasteiger charge is 2.25. The van der Waals surface area contributed by atoms with Crippen LogP contribution in [0.15, 0.2) is 60.9 Å². The monoisotopic (exact) mass is 391 g/mol. The lowest BCUT2D eigenvalue weighted by atomic mass is 9.93. The van der Waals surface area contributed by atoms with E-state index < -0.39 is 5.54 Å². The number of nitrogens with one attached hydrogen (secondary N) is 1. The minimum Gasteiger partial charge on any atom is -0.486 e. The van der Waals surface area contributed by atoms with Crippen molar-refractivity contribution in [3.63, 3.8) is 0 Å². The van der Waals surface area contributed by atoms with Gasteiger partial charge in [0.05, 0.1) is 17.4 Å². The predicted octanol–water partition coefficient (Wildman–Crippen LogP) is 3.63. The molecule has 1 N–H and O–H groups in total. The molecule has 29 heavy (non-hydrogen) atoms. The second-order valence-electron chi connectivity index (χ2n) is 7.66. The summed E-state index contributed by atoms with van der Waals surface area (Å²) in [6, 6.07) is 15.7. The summed E-state index contributed by atoms with van der Waals surface area (Å²) in [5, 5.41) is 7.51. The number of fused-ring (bicyclic) bond motifs is 1. The van der Waals surface area contributed by atoms with Crippen LogP contribution in [0, 0.1) is 0 Å². The van der Waals surface area contributed by atoms with E-state index in [9.17, 15) is 4.79 Å². The lowest BCUT2D eigenvalue weighted by Crippen LogP contribution is -2.41. The Kier molecular flexibility index (Phi) is 5.25. The second-order valence-corrected chi connectivity index (χ2v) is 7.66. The Balaban J connectivity index is 1.36. The maximum atomic E-state index is 12.6. The normalized spacial score (nSPS) is 13.2. The predicted molar refractivity (Wildman–Crippen MR) is 110 cm³/mol. The van der Waals surface area contributed by atoms with Crippen LogP contribution >= 0.6 is 0 Å². The zero-order valence-electron chi connectivity index (χ0n) is 16.7. The molecule has 0 fully saturated rings. The third kappa shape index (κ3) is 4.42. The highest BCUT2D eigenvalue weighted by Crippen LogP contribution is 2.34. The molecule has 0 bridgehead atoms. The standard InChI is InChI=1S/C23H25N3O3/c1-23(2,18-9-10-20-21(14-18)29-13-12-28-20)25-22(27)11-8-17-15-24-26(16-17)19-6-4-3-5-7-19/h3-7,9-10,14-16H,8,11-13H2,1-2H3,(H,25,27). The minimum atomic E-state index is -0.513. The molecule has 4 rings (SSSR count). The summed E-state index contributed by atoms with van der Waals surface area (Å²) in [7, 11) is 0. The van der Waals surface area contributed by atoms with Crippen LogP contribution in [-0.4, -0.2) is 28.9 Å². The van der Waals surface area contributed by atoms with Crippen molar-refractivity contribution in [3.05, 3.63) is 72.1 Å². The van der Waals surface area contributed by atoms with Gasteiger partial charge in [0.1, 0.15) is 13.2 Å². The molecule has 0 radical (unpaired) electrons. The Hall–Kier alpha value is -3.28. The first-order valence-electron chi connectivity index (χ1n) is 9.81. The molecule has 0 saturated heterocycles. The van der Waals surface area contributed by atoms with Gasteiger partial charge in [-0.1, -0.05) is 24.3 Å². The smallest absolute Gasteiger partial charge is 0.221 e. The average molecular weight is 391 g/mol. The third-order valence-electron chi connectivity index (χ3n) is 5.01. The van der Waals surface area contributed by atoms with Gasteiger partial charge in [-0.15, -0.1) is 0 Å². The number of carbonyl (C=O) groups excluding carboxylic acids is 1. The van der Waals surface area contributed by atoms with E-state index in [1.807, 2.05) is 79.5 Å². The highest BCUT2D eigenvalue weighted by molar-refractivity contribution is 5.77. The van der Waals surface area contributed by atoms with Gasteiger partial charge in [-0.2, -0.15) is 5.10 Å². The minimum absolute atomic E-state index is 0.00245. The molecule has 2 heterocycles. The van der Waals surface area contributed by atoms with Crippen molar-refractivity contribution in [1.82, 2.24) is 15.1 Å². The number of nitrogens with zero attached hydrogens (tertiary/aromatic N) is 2. The van der Waals surface area contributed by atoms with Gasteiger partial charge in [-0.05, 0) is 55.7 Å². The number of hydrogen-bond acceptors (Lipinski definition) is 4. The average Bonchev–Trinajstić information content (AvgIpc) is 3.21. The number of aromatic nitrogens is 2. The van der Waals surface area contributed by atoms with Gasteiger partial charge in [-0.3, -0.25) is 4.79 Å². The van der Waals surface area contributed by atoms with Crippen molar-refractivity contribution in [2.75, 3.05) is 13.2 Å². The van der Waals surface area contributed by atoms with E-state index in [1.54, 1.807) is 0 Å². The molecule has 2 aromatic carbocycles. The largest absolute Gasteiger partial charge is 0.486 e. The fourth-order valence-electron chi connectivity index (χ4n) is 3.38. The quantitative estimate of drug-likeness (QED) is 0.697. The van der Waals surface area contributed by atoms with E-state index in [2.05, 4.69) is 10.4 Å². The van der Waals surface area contributed by atoms with Crippen LogP contribution in [0.3, 0.4) is 0 Å². The van der Waals surface area contributed by atoms with E-state index in [-0.39, 0.29) is 5.91 Å². The number of ether oxygens (including phenoxy) is 2. The van der Waals surface area contributed by atoms with Crippen LogP contribution in [-0.2, 0) is 16.8 Å². The topological polar surface area (TPSA) is 65.4 Å². The van der Waals surface area contributed by atoms with Crippen molar-refractivity contribution in [2.24, 2.45) is 0 Å². The van der Waals surface area contributed by atoms with Crippen LogP contribution in [0.1, 0.15) is 31.4 Å². The molecular weight excluding hydrogens is 366 g/mol. The zero-order valence-corrected chi connectivity index (χ0v) is 16.7. The Labute approximate surface area is 170 Å². The number of rotatable bonds is 6. The van der Waals surface area contributed by atoms with Crippen LogP contribution in [0.5, 0.6) is 11.5 Å². The van der Waals surface area contributed by atoms with Crippen molar-refractivity contribution < 1.29 is 14.3 Å². The second kappa shape index (κ2) is 7.99. The number of hydrogen-bond donors (Lipinski definition) is 1. The number of benzene rings is 2. The lowest BCUT2D eigenvalue weighted by molar-refractivity contribution is -0.122. The van der Waals surface area contributed by atoms with Gasteiger partial charge in [0.25, 0.3) is 0 Å². The van der Waals surface area contributed by atoms with Gasteiger partial charge >= 0.3 is 0 Å². The molecule has 1 amide bonds. The Morgan fingerprint density at radius 2 is 1.86 bits per heavy atom. The molecule has 0 atom stereocenters. The zero-order chi connectivity index (χ0) is 20.3. The molecule has 6 heteroatoms. The molecule has 1 aliphatic heterocycles. The van der Waals surface area contributed by atoms with Crippen LogP contribution in [0.2, 0.25) is 0 Å². The van der Waals surface area contributed by atoms with Crippen LogP contribution < -0.4 is 14.8 Å². The van der Waals surface area contributed by atoms with Crippen molar-refractivity contribution >= 4 is 5.91 Å². The molecular formula is C23H25N3O3. The molecule has 0 spiro atoms. The molecule has 0 aliphatic carbocycles. The molecule has 6 nitrogen and oxygen atoms in total. The van der Waals surface area contributed by atoms with Crippen molar-refractivity contribution in [3.8, 4) is 17.2 Å². The maximum absolute atomic E-state index is 12.6.